The van der Waals surface area contributed by atoms with Gasteiger partial charge in [-0.05, 0) is 57.8 Å². The molecule has 0 aromatic carbocycles. The SMILES string of the molecule is CCC=CCC=CCC=CCC=CCC=CCCCCC(CC)C(=O)O. The van der Waals surface area contributed by atoms with E-state index in [1.54, 1.807) is 0 Å². The Labute approximate surface area is 161 Å². The van der Waals surface area contributed by atoms with Gasteiger partial charge in [-0.25, -0.2) is 0 Å². The van der Waals surface area contributed by atoms with Crippen molar-refractivity contribution in [3.63, 3.8) is 0 Å². The molecule has 0 spiro atoms. The van der Waals surface area contributed by atoms with Crippen LogP contribution in [0.3, 0.4) is 0 Å². The van der Waals surface area contributed by atoms with Crippen LogP contribution >= 0.6 is 0 Å². The second kappa shape index (κ2) is 19.5. The molecular formula is C24H38O2. The molecule has 2 heteroatoms. The van der Waals surface area contributed by atoms with Gasteiger partial charge >= 0.3 is 5.97 Å². The summed E-state index contributed by atoms with van der Waals surface area (Å²) in [4.78, 5) is 10.9. The number of carbonyl (C=O) groups is 1. The lowest BCUT2D eigenvalue weighted by atomic mass is 9.99. The maximum Gasteiger partial charge on any atom is 0.306 e. The molecule has 0 saturated carbocycles. The first-order valence-corrected chi connectivity index (χ1v) is 10.2. The Balaban J connectivity index is 3.54. The van der Waals surface area contributed by atoms with Gasteiger partial charge in [0.05, 0.1) is 5.92 Å². The summed E-state index contributed by atoms with van der Waals surface area (Å²) in [7, 11) is 0. The van der Waals surface area contributed by atoms with Gasteiger partial charge < -0.3 is 5.11 Å². The molecule has 146 valence electrons. The van der Waals surface area contributed by atoms with Crippen LogP contribution in [0.5, 0.6) is 0 Å². The molecule has 0 aliphatic rings. The van der Waals surface area contributed by atoms with Gasteiger partial charge in [0, 0.05) is 0 Å². The summed E-state index contributed by atoms with van der Waals surface area (Å²) in [5.41, 5.74) is 0. The average molecular weight is 359 g/mol. The summed E-state index contributed by atoms with van der Waals surface area (Å²) in [6.07, 6.45) is 31.8. The number of carboxylic acid groups (broad SMARTS) is 1. The minimum atomic E-state index is -0.651. The lowest BCUT2D eigenvalue weighted by Gasteiger charge is -2.07. The first-order chi connectivity index (χ1) is 12.7. The standard InChI is InChI=1S/C24H38O2/c1-3-5-6-7-8-9-10-11-12-13-14-15-16-17-18-19-20-21-22-23(4-2)24(25)26/h5-6,8-9,11-12,14-15,17-18,23H,3-4,7,10,13,16,19-22H2,1-2H3,(H,25,26). The fourth-order valence-electron chi connectivity index (χ4n) is 2.52. The van der Waals surface area contributed by atoms with Crippen LogP contribution in [0.25, 0.3) is 0 Å². The first kappa shape index (κ1) is 24.2. The Hall–Kier alpha value is -1.83. The molecule has 0 bridgehead atoms. The smallest absolute Gasteiger partial charge is 0.306 e. The zero-order valence-electron chi connectivity index (χ0n) is 16.8. The van der Waals surface area contributed by atoms with Crippen molar-refractivity contribution in [2.75, 3.05) is 0 Å². The van der Waals surface area contributed by atoms with Gasteiger partial charge in [-0.1, -0.05) is 81.0 Å². The third-order valence-corrected chi connectivity index (χ3v) is 4.17. The van der Waals surface area contributed by atoms with Crippen molar-refractivity contribution in [3.05, 3.63) is 60.8 Å². The van der Waals surface area contributed by atoms with Crippen molar-refractivity contribution < 1.29 is 9.90 Å². The van der Waals surface area contributed by atoms with Crippen LogP contribution in [0.1, 0.15) is 78.1 Å². The molecule has 2 nitrogen and oxygen atoms in total. The van der Waals surface area contributed by atoms with Crippen LogP contribution in [0.4, 0.5) is 0 Å². The highest BCUT2D eigenvalue weighted by molar-refractivity contribution is 5.69. The van der Waals surface area contributed by atoms with Gasteiger partial charge in [-0.15, -0.1) is 0 Å². The summed E-state index contributed by atoms with van der Waals surface area (Å²) >= 11 is 0. The molecule has 0 saturated heterocycles. The van der Waals surface area contributed by atoms with Crippen molar-refractivity contribution in [2.24, 2.45) is 5.92 Å². The highest BCUT2D eigenvalue weighted by Crippen LogP contribution is 2.13. The van der Waals surface area contributed by atoms with E-state index >= 15 is 0 Å². The van der Waals surface area contributed by atoms with E-state index in [0.717, 1.165) is 64.2 Å². The molecule has 0 aromatic heterocycles. The predicted molar refractivity (Wildman–Crippen MR) is 114 cm³/mol. The Morgan fingerprint density at radius 2 is 1.19 bits per heavy atom. The summed E-state index contributed by atoms with van der Waals surface area (Å²) in [6, 6.07) is 0. The largest absolute Gasteiger partial charge is 0.481 e. The van der Waals surface area contributed by atoms with Gasteiger partial charge in [0.2, 0.25) is 0 Å². The van der Waals surface area contributed by atoms with Crippen molar-refractivity contribution in [3.8, 4) is 0 Å². The zero-order chi connectivity index (χ0) is 19.3. The summed E-state index contributed by atoms with van der Waals surface area (Å²) < 4.78 is 0. The summed E-state index contributed by atoms with van der Waals surface area (Å²) in [6.45, 7) is 4.10. The van der Waals surface area contributed by atoms with E-state index < -0.39 is 5.97 Å². The Morgan fingerprint density at radius 3 is 1.62 bits per heavy atom. The van der Waals surface area contributed by atoms with Crippen LogP contribution in [0, 0.1) is 5.92 Å². The maximum atomic E-state index is 10.9. The molecule has 0 fully saturated rings. The molecule has 0 radical (unpaired) electrons. The fraction of sp³-hybridized carbons (Fsp3) is 0.542. The molecule has 1 N–H and O–H groups in total. The third-order valence-electron chi connectivity index (χ3n) is 4.17. The molecule has 0 rings (SSSR count). The molecular weight excluding hydrogens is 320 g/mol. The maximum absolute atomic E-state index is 10.9. The number of aliphatic carboxylic acids is 1. The second-order valence-electron chi connectivity index (χ2n) is 6.44. The molecule has 0 amide bonds. The Morgan fingerprint density at radius 1 is 0.731 bits per heavy atom. The fourth-order valence-corrected chi connectivity index (χ4v) is 2.52. The van der Waals surface area contributed by atoms with E-state index in [2.05, 4.69) is 67.7 Å². The Kier molecular flexibility index (Phi) is 18.1. The molecule has 1 atom stereocenters. The number of unbranched alkanes of at least 4 members (excludes halogenated alkanes) is 2. The van der Waals surface area contributed by atoms with Crippen molar-refractivity contribution in [2.45, 2.75) is 78.1 Å². The van der Waals surface area contributed by atoms with E-state index in [4.69, 9.17) is 5.11 Å². The predicted octanol–water partition coefficient (Wildman–Crippen LogP) is 7.41. The highest BCUT2D eigenvalue weighted by Gasteiger charge is 2.13. The number of allylic oxidation sites excluding steroid dienone is 10. The number of hydrogen-bond donors (Lipinski definition) is 1. The first-order valence-electron chi connectivity index (χ1n) is 10.2. The molecule has 26 heavy (non-hydrogen) atoms. The van der Waals surface area contributed by atoms with Crippen molar-refractivity contribution in [1.29, 1.82) is 0 Å². The minimum Gasteiger partial charge on any atom is -0.481 e. The van der Waals surface area contributed by atoms with Crippen molar-refractivity contribution in [1.82, 2.24) is 0 Å². The molecule has 0 aliphatic carbocycles. The normalized spacial score (nSPS) is 13.9. The third kappa shape index (κ3) is 17.0. The van der Waals surface area contributed by atoms with Gasteiger partial charge in [0.25, 0.3) is 0 Å². The highest BCUT2D eigenvalue weighted by atomic mass is 16.4. The summed E-state index contributed by atoms with van der Waals surface area (Å²) in [5, 5.41) is 8.98. The molecule has 0 aromatic rings. The minimum absolute atomic E-state index is 0.164. The van der Waals surface area contributed by atoms with E-state index in [1.807, 2.05) is 6.92 Å². The number of rotatable bonds is 16. The number of hydrogen-bond acceptors (Lipinski definition) is 1. The topological polar surface area (TPSA) is 37.3 Å². The van der Waals surface area contributed by atoms with Crippen LogP contribution in [-0.2, 0) is 4.79 Å². The second-order valence-corrected chi connectivity index (χ2v) is 6.44. The van der Waals surface area contributed by atoms with E-state index in [9.17, 15) is 4.79 Å². The Bertz CT molecular complexity index is 467. The van der Waals surface area contributed by atoms with Gasteiger partial charge in [0.15, 0.2) is 0 Å². The molecule has 0 aliphatic heterocycles. The molecule has 0 heterocycles. The van der Waals surface area contributed by atoms with Gasteiger partial charge in [-0.3, -0.25) is 4.79 Å². The van der Waals surface area contributed by atoms with Crippen LogP contribution in [-0.4, -0.2) is 11.1 Å². The van der Waals surface area contributed by atoms with Gasteiger partial charge in [0.1, 0.15) is 0 Å². The quantitative estimate of drug-likeness (QED) is 0.230. The lowest BCUT2D eigenvalue weighted by Crippen LogP contribution is -2.12. The van der Waals surface area contributed by atoms with E-state index in [0.29, 0.717) is 0 Å². The van der Waals surface area contributed by atoms with Crippen molar-refractivity contribution >= 4 is 5.97 Å². The van der Waals surface area contributed by atoms with E-state index in [1.165, 1.54) is 0 Å². The van der Waals surface area contributed by atoms with Gasteiger partial charge in [-0.2, -0.15) is 0 Å². The average Bonchev–Trinajstić information content (AvgIpc) is 2.63. The van der Waals surface area contributed by atoms with Crippen LogP contribution in [0.15, 0.2) is 60.8 Å². The van der Waals surface area contributed by atoms with Crippen LogP contribution in [0.2, 0.25) is 0 Å². The van der Waals surface area contributed by atoms with Crippen LogP contribution < -0.4 is 0 Å². The lowest BCUT2D eigenvalue weighted by molar-refractivity contribution is -0.142. The monoisotopic (exact) mass is 358 g/mol. The van der Waals surface area contributed by atoms with E-state index in [-0.39, 0.29) is 5.92 Å². The zero-order valence-corrected chi connectivity index (χ0v) is 16.8. The molecule has 1 unspecified atom stereocenters. The summed E-state index contributed by atoms with van der Waals surface area (Å²) in [5.74, 6) is -0.814. The number of carboxylic acids is 1.